The largest absolute Gasteiger partial charge is 0.392 e. The Morgan fingerprint density at radius 3 is 2.48 bits per heavy atom. The maximum absolute atomic E-state index is 12.8. The van der Waals surface area contributed by atoms with Crippen molar-refractivity contribution < 1.29 is 15.0 Å². The summed E-state index contributed by atoms with van der Waals surface area (Å²) < 4.78 is 0. The second kappa shape index (κ2) is 5.16. The number of carbonyl (C=O) groups excluding carboxylic acids is 1. The molecular weight excluding hydrogens is 288 g/mol. The first-order valence-corrected chi connectivity index (χ1v) is 9.16. The quantitative estimate of drug-likeness (QED) is 0.729. The highest BCUT2D eigenvalue weighted by molar-refractivity contribution is 5.85. The molecule has 130 valence electrons. The molecule has 2 bridgehead atoms. The summed E-state index contributed by atoms with van der Waals surface area (Å²) in [5.41, 5.74) is -1.07. The molecule has 0 radical (unpaired) electrons. The highest BCUT2D eigenvalue weighted by Gasteiger charge is 2.67. The lowest BCUT2D eigenvalue weighted by Gasteiger charge is -2.61. The molecule has 0 amide bonds. The van der Waals surface area contributed by atoms with Crippen LogP contribution >= 0.6 is 0 Å². The van der Waals surface area contributed by atoms with E-state index >= 15 is 0 Å². The Kier molecular flexibility index (Phi) is 3.85. The van der Waals surface area contributed by atoms with Crippen molar-refractivity contribution in [1.29, 1.82) is 0 Å². The van der Waals surface area contributed by atoms with Crippen LogP contribution in [0, 0.1) is 34.0 Å². The molecule has 3 saturated carbocycles. The van der Waals surface area contributed by atoms with Crippen molar-refractivity contribution in [1.82, 2.24) is 0 Å². The summed E-state index contributed by atoms with van der Waals surface area (Å²) in [7, 11) is 0. The monoisotopic (exact) mass is 320 g/mol. The molecule has 0 heterocycles. The lowest BCUT2D eigenvalue weighted by atomic mass is 9.44. The number of carbonyl (C=O) groups is 1. The average molecular weight is 320 g/mol. The van der Waals surface area contributed by atoms with Crippen LogP contribution in [0.3, 0.4) is 0 Å². The summed E-state index contributed by atoms with van der Waals surface area (Å²) in [5.74, 6) is 0.544. The van der Waals surface area contributed by atoms with E-state index < -0.39 is 23.0 Å². The van der Waals surface area contributed by atoms with Crippen LogP contribution < -0.4 is 0 Å². The van der Waals surface area contributed by atoms with Gasteiger partial charge < -0.3 is 10.2 Å². The molecule has 5 unspecified atom stereocenters. The molecule has 23 heavy (non-hydrogen) atoms. The molecule has 8 atom stereocenters. The van der Waals surface area contributed by atoms with E-state index in [0.29, 0.717) is 24.5 Å². The SMILES string of the molecule is C=C[C@]1(C)C[C@@H](O)[C@]2(C)C(C)CCC3(CCC(=O)C32)C(C)C1O. The summed E-state index contributed by atoms with van der Waals surface area (Å²) in [6, 6.07) is 0. The number of ketones is 1. The standard InChI is InChI=1S/C20H32O3/c1-6-18(4)11-15(22)19(5)12(2)7-9-20(13(3)17(18)23)10-8-14(21)16(19)20/h6,12-13,15-17,22-23H,1,7-11H2,2-5H3/t12?,13?,15-,16?,17?,18-,19+,20?/m1/s1. The predicted octanol–water partition coefficient (Wildman–Crippen LogP) is 3.34. The van der Waals surface area contributed by atoms with Gasteiger partial charge in [-0.2, -0.15) is 0 Å². The number of hydrogen-bond acceptors (Lipinski definition) is 3. The van der Waals surface area contributed by atoms with E-state index in [1.807, 2.05) is 13.0 Å². The zero-order chi connectivity index (χ0) is 17.2. The van der Waals surface area contributed by atoms with Gasteiger partial charge in [0, 0.05) is 23.2 Å². The zero-order valence-corrected chi connectivity index (χ0v) is 15.0. The van der Waals surface area contributed by atoms with Gasteiger partial charge in [0.25, 0.3) is 0 Å². The lowest BCUT2D eigenvalue weighted by molar-refractivity contribution is -0.191. The van der Waals surface area contributed by atoms with Gasteiger partial charge in [-0.25, -0.2) is 0 Å². The van der Waals surface area contributed by atoms with E-state index in [4.69, 9.17) is 0 Å². The first kappa shape index (κ1) is 17.2. The van der Waals surface area contributed by atoms with Crippen molar-refractivity contribution in [3.8, 4) is 0 Å². The van der Waals surface area contributed by atoms with E-state index in [1.54, 1.807) is 0 Å². The number of rotatable bonds is 1. The second-order valence-electron chi connectivity index (χ2n) is 9.10. The van der Waals surface area contributed by atoms with Gasteiger partial charge in [-0.05, 0) is 42.9 Å². The smallest absolute Gasteiger partial charge is 0.137 e. The Balaban J connectivity index is 2.21. The van der Waals surface area contributed by atoms with Gasteiger partial charge in [-0.1, -0.05) is 33.8 Å². The third-order valence-electron chi connectivity index (χ3n) is 8.33. The van der Waals surface area contributed by atoms with Crippen LogP contribution in [0.25, 0.3) is 0 Å². The van der Waals surface area contributed by atoms with Gasteiger partial charge in [0.15, 0.2) is 0 Å². The minimum atomic E-state index is -0.589. The van der Waals surface area contributed by atoms with Crippen LogP contribution in [0.2, 0.25) is 0 Å². The third kappa shape index (κ3) is 1.99. The number of aliphatic hydroxyl groups is 2. The van der Waals surface area contributed by atoms with Crippen LogP contribution in [-0.4, -0.2) is 28.2 Å². The van der Waals surface area contributed by atoms with Crippen LogP contribution in [0.4, 0.5) is 0 Å². The highest BCUT2D eigenvalue weighted by Crippen LogP contribution is 2.67. The minimum absolute atomic E-state index is 0.0428. The fourth-order valence-corrected chi connectivity index (χ4v) is 6.37. The van der Waals surface area contributed by atoms with Gasteiger partial charge in [0.05, 0.1) is 12.2 Å². The van der Waals surface area contributed by atoms with Gasteiger partial charge in [0.2, 0.25) is 0 Å². The first-order valence-electron chi connectivity index (χ1n) is 9.16. The molecule has 0 aromatic heterocycles. The summed E-state index contributed by atoms with van der Waals surface area (Å²) in [6.07, 6.45) is 4.60. The van der Waals surface area contributed by atoms with Crippen molar-refractivity contribution >= 4 is 5.78 Å². The molecule has 0 spiro atoms. The van der Waals surface area contributed by atoms with Crippen molar-refractivity contribution in [3.63, 3.8) is 0 Å². The molecule has 0 aromatic carbocycles. The Hall–Kier alpha value is -0.670. The van der Waals surface area contributed by atoms with Crippen LogP contribution in [0.15, 0.2) is 12.7 Å². The van der Waals surface area contributed by atoms with Gasteiger partial charge >= 0.3 is 0 Å². The minimum Gasteiger partial charge on any atom is -0.392 e. The van der Waals surface area contributed by atoms with Crippen molar-refractivity contribution in [2.45, 2.75) is 72.0 Å². The van der Waals surface area contributed by atoms with Crippen molar-refractivity contribution in [2.24, 2.45) is 34.0 Å². The van der Waals surface area contributed by atoms with Crippen molar-refractivity contribution in [2.75, 3.05) is 0 Å². The Morgan fingerprint density at radius 2 is 1.87 bits per heavy atom. The maximum atomic E-state index is 12.8. The molecular formula is C20H32O3. The topological polar surface area (TPSA) is 57.5 Å². The molecule has 0 saturated heterocycles. The van der Waals surface area contributed by atoms with E-state index in [0.717, 1.165) is 19.3 Å². The predicted molar refractivity (Wildman–Crippen MR) is 90.8 cm³/mol. The molecule has 3 fully saturated rings. The van der Waals surface area contributed by atoms with Crippen molar-refractivity contribution in [3.05, 3.63) is 12.7 Å². The second-order valence-corrected chi connectivity index (χ2v) is 9.10. The van der Waals surface area contributed by atoms with Gasteiger partial charge in [0.1, 0.15) is 5.78 Å². The fraction of sp³-hybridized carbons (Fsp3) is 0.850. The summed E-state index contributed by atoms with van der Waals surface area (Å²) in [4.78, 5) is 12.8. The molecule has 3 nitrogen and oxygen atoms in total. The molecule has 3 aliphatic rings. The summed E-state index contributed by atoms with van der Waals surface area (Å²) in [5, 5.41) is 22.3. The molecule has 3 aliphatic carbocycles. The average Bonchev–Trinajstić information content (AvgIpc) is 2.87. The Labute approximate surface area is 140 Å². The number of Topliss-reactive ketones (excluding diaryl/α,β-unsaturated/α-hetero) is 1. The molecule has 3 heteroatoms. The molecule has 0 aromatic rings. The van der Waals surface area contributed by atoms with Crippen LogP contribution in [0.5, 0.6) is 0 Å². The molecule has 3 rings (SSSR count). The third-order valence-corrected chi connectivity index (χ3v) is 8.33. The lowest BCUT2D eigenvalue weighted by Crippen LogP contribution is -2.62. The maximum Gasteiger partial charge on any atom is 0.137 e. The number of aliphatic hydroxyl groups excluding tert-OH is 2. The Bertz CT molecular complexity index is 529. The van der Waals surface area contributed by atoms with Gasteiger partial charge in [-0.3, -0.25) is 4.79 Å². The Morgan fingerprint density at radius 1 is 1.22 bits per heavy atom. The van der Waals surface area contributed by atoms with Gasteiger partial charge in [-0.15, -0.1) is 6.58 Å². The number of hydrogen-bond donors (Lipinski definition) is 2. The van der Waals surface area contributed by atoms with Crippen LogP contribution in [-0.2, 0) is 4.79 Å². The van der Waals surface area contributed by atoms with E-state index in [9.17, 15) is 15.0 Å². The summed E-state index contributed by atoms with van der Waals surface area (Å²) >= 11 is 0. The van der Waals surface area contributed by atoms with E-state index in [2.05, 4.69) is 27.4 Å². The van der Waals surface area contributed by atoms with E-state index in [-0.39, 0.29) is 17.3 Å². The zero-order valence-electron chi connectivity index (χ0n) is 15.0. The summed E-state index contributed by atoms with van der Waals surface area (Å²) in [6.45, 7) is 12.4. The first-order chi connectivity index (χ1) is 10.6. The van der Waals surface area contributed by atoms with Crippen LogP contribution in [0.1, 0.15) is 59.8 Å². The highest BCUT2D eigenvalue weighted by atomic mass is 16.3. The molecule has 2 N–H and O–H groups in total. The fourth-order valence-electron chi connectivity index (χ4n) is 6.37. The van der Waals surface area contributed by atoms with E-state index in [1.165, 1.54) is 0 Å². The normalized spacial score (nSPS) is 56.6. The molecule has 0 aliphatic heterocycles.